The van der Waals surface area contributed by atoms with Crippen molar-refractivity contribution in [3.05, 3.63) is 64.7 Å². The number of carbonyl (C=O) groups is 3. The first-order chi connectivity index (χ1) is 13.2. The van der Waals surface area contributed by atoms with Gasteiger partial charge in [-0.3, -0.25) is 14.9 Å². The number of nitrogens with one attached hydrogen (secondary N) is 1. The highest BCUT2D eigenvalue weighted by molar-refractivity contribution is 6.39. The molecular formula is C22H22N2O4. The van der Waals surface area contributed by atoms with E-state index in [0.717, 1.165) is 16.0 Å². The molecule has 0 bridgehead atoms. The maximum Gasteiger partial charge on any atom is 0.335 e. The standard InChI is InChI=1S/C22H22N2O4/c1-13(2)28-18-7-5-16(6-8-18)12-19-20(25)23-22(27)24(21(19)26)17-10-14(3)9-15(4)11-17/h5-13H,1-4H3,(H,23,25,27). The van der Waals surface area contributed by atoms with E-state index in [2.05, 4.69) is 5.32 Å². The predicted molar refractivity (Wildman–Crippen MR) is 107 cm³/mol. The third kappa shape index (κ3) is 4.11. The molecule has 0 aromatic heterocycles. The average molecular weight is 378 g/mol. The highest BCUT2D eigenvalue weighted by Gasteiger charge is 2.36. The number of barbiturate groups is 1. The lowest BCUT2D eigenvalue weighted by molar-refractivity contribution is -0.122. The Morgan fingerprint density at radius 1 is 0.964 bits per heavy atom. The minimum atomic E-state index is -0.752. The molecule has 0 atom stereocenters. The Kier molecular flexibility index (Phi) is 5.31. The zero-order chi connectivity index (χ0) is 20.4. The van der Waals surface area contributed by atoms with Crippen molar-refractivity contribution in [1.82, 2.24) is 5.32 Å². The van der Waals surface area contributed by atoms with Gasteiger partial charge in [-0.25, -0.2) is 9.69 Å². The van der Waals surface area contributed by atoms with E-state index in [4.69, 9.17) is 4.74 Å². The van der Waals surface area contributed by atoms with Crippen LogP contribution in [-0.4, -0.2) is 23.9 Å². The maximum atomic E-state index is 12.9. The highest BCUT2D eigenvalue weighted by Crippen LogP contribution is 2.24. The van der Waals surface area contributed by atoms with E-state index in [1.165, 1.54) is 6.08 Å². The molecule has 3 rings (SSSR count). The number of nitrogens with zero attached hydrogens (tertiary/aromatic N) is 1. The molecule has 2 aromatic rings. The van der Waals surface area contributed by atoms with Crippen molar-refractivity contribution in [2.75, 3.05) is 4.90 Å². The summed E-state index contributed by atoms with van der Waals surface area (Å²) in [6.07, 6.45) is 1.52. The van der Waals surface area contributed by atoms with E-state index in [0.29, 0.717) is 17.0 Å². The molecule has 1 saturated heterocycles. The van der Waals surface area contributed by atoms with Gasteiger partial charge in [-0.15, -0.1) is 0 Å². The lowest BCUT2D eigenvalue weighted by Gasteiger charge is -2.27. The lowest BCUT2D eigenvalue weighted by Crippen LogP contribution is -2.54. The molecule has 0 radical (unpaired) electrons. The van der Waals surface area contributed by atoms with Gasteiger partial charge in [0.2, 0.25) is 0 Å². The normalized spacial score (nSPS) is 16.0. The summed E-state index contributed by atoms with van der Waals surface area (Å²) < 4.78 is 5.59. The summed E-state index contributed by atoms with van der Waals surface area (Å²) in [5, 5.41) is 2.24. The summed E-state index contributed by atoms with van der Waals surface area (Å²) in [5.74, 6) is -0.664. The van der Waals surface area contributed by atoms with Gasteiger partial charge in [-0.2, -0.15) is 0 Å². The summed E-state index contributed by atoms with van der Waals surface area (Å²) in [6.45, 7) is 7.62. The minimum Gasteiger partial charge on any atom is -0.491 e. The van der Waals surface area contributed by atoms with Crippen LogP contribution in [0.1, 0.15) is 30.5 Å². The monoisotopic (exact) mass is 378 g/mol. The van der Waals surface area contributed by atoms with Crippen LogP contribution in [0.3, 0.4) is 0 Å². The lowest BCUT2D eigenvalue weighted by atomic mass is 10.1. The zero-order valence-corrected chi connectivity index (χ0v) is 16.3. The number of rotatable bonds is 4. The molecule has 1 aliphatic heterocycles. The molecule has 28 heavy (non-hydrogen) atoms. The van der Waals surface area contributed by atoms with Crippen molar-refractivity contribution in [3.63, 3.8) is 0 Å². The fraction of sp³-hybridized carbons (Fsp3) is 0.227. The number of benzene rings is 2. The number of hydrogen-bond donors (Lipinski definition) is 1. The number of carbonyl (C=O) groups excluding carboxylic acids is 3. The van der Waals surface area contributed by atoms with E-state index in [-0.39, 0.29) is 11.7 Å². The molecule has 1 heterocycles. The fourth-order valence-electron chi connectivity index (χ4n) is 3.05. The summed E-state index contributed by atoms with van der Waals surface area (Å²) in [7, 11) is 0. The van der Waals surface area contributed by atoms with Crippen LogP contribution in [0, 0.1) is 13.8 Å². The molecule has 1 fully saturated rings. The molecule has 0 spiro atoms. The van der Waals surface area contributed by atoms with Crippen LogP contribution in [0.4, 0.5) is 10.5 Å². The Hall–Kier alpha value is -3.41. The quantitative estimate of drug-likeness (QED) is 0.649. The SMILES string of the molecule is Cc1cc(C)cc(N2C(=O)NC(=O)C(=Cc3ccc(OC(C)C)cc3)C2=O)c1. The van der Waals surface area contributed by atoms with E-state index < -0.39 is 17.8 Å². The van der Waals surface area contributed by atoms with Gasteiger partial charge in [0.25, 0.3) is 11.8 Å². The second kappa shape index (κ2) is 7.68. The van der Waals surface area contributed by atoms with Crippen LogP contribution < -0.4 is 15.0 Å². The molecule has 1 N–H and O–H groups in total. The Balaban J connectivity index is 1.94. The molecule has 6 nitrogen and oxygen atoms in total. The first-order valence-corrected chi connectivity index (χ1v) is 9.01. The summed E-state index contributed by atoms with van der Waals surface area (Å²) in [4.78, 5) is 38.5. The number of ether oxygens (including phenoxy) is 1. The van der Waals surface area contributed by atoms with Crippen LogP contribution in [0.2, 0.25) is 0 Å². The van der Waals surface area contributed by atoms with Gasteiger partial charge in [0.1, 0.15) is 11.3 Å². The third-order valence-corrected chi connectivity index (χ3v) is 4.13. The second-order valence-electron chi connectivity index (χ2n) is 7.04. The van der Waals surface area contributed by atoms with Crippen molar-refractivity contribution >= 4 is 29.6 Å². The predicted octanol–water partition coefficient (Wildman–Crippen LogP) is 3.76. The van der Waals surface area contributed by atoms with E-state index in [1.54, 1.807) is 36.4 Å². The van der Waals surface area contributed by atoms with Crippen LogP contribution in [0.5, 0.6) is 5.75 Å². The summed E-state index contributed by atoms with van der Waals surface area (Å²) >= 11 is 0. The summed E-state index contributed by atoms with van der Waals surface area (Å²) in [6, 6.07) is 11.7. The maximum absolute atomic E-state index is 12.9. The van der Waals surface area contributed by atoms with Crippen LogP contribution in [0.25, 0.3) is 6.08 Å². The Bertz CT molecular complexity index is 954. The minimum absolute atomic E-state index is 0.0484. The molecule has 0 saturated carbocycles. The second-order valence-corrected chi connectivity index (χ2v) is 7.04. The third-order valence-electron chi connectivity index (χ3n) is 4.13. The average Bonchev–Trinajstić information content (AvgIpc) is 2.58. The largest absolute Gasteiger partial charge is 0.491 e. The molecule has 0 unspecified atom stereocenters. The number of hydrogen-bond acceptors (Lipinski definition) is 4. The van der Waals surface area contributed by atoms with E-state index in [1.807, 2.05) is 33.8 Å². The van der Waals surface area contributed by atoms with Crippen molar-refractivity contribution < 1.29 is 19.1 Å². The van der Waals surface area contributed by atoms with Gasteiger partial charge in [-0.05, 0) is 74.7 Å². The smallest absolute Gasteiger partial charge is 0.335 e. The van der Waals surface area contributed by atoms with Crippen molar-refractivity contribution in [2.24, 2.45) is 0 Å². The molecule has 2 aromatic carbocycles. The molecule has 144 valence electrons. The molecule has 4 amide bonds. The van der Waals surface area contributed by atoms with Crippen molar-refractivity contribution in [1.29, 1.82) is 0 Å². The number of anilines is 1. The Morgan fingerprint density at radius 3 is 2.14 bits per heavy atom. The Morgan fingerprint density at radius 2 is 1.57 bits per heavy atom. The van der Waals surface area contributed by atoms with Gasteiger partial charge >= 0.3 is 6.03 Å². The number of imide groups is 2. The van der Waals surface area contributed by atoms with Crippen LogP contribution >= 0.6 is 0 Å². The summed E-state index contributed by atoms with van der Waals surface area (Å²) in [5.41, 5.74) is 2.82. The zero-order valence-electron chi connectivity index (χ0n) is 16.3. The van der Waals surface area contributed by atoms with Crippen LogP contribution in [0.15, 0.2) is 48.0 Å². The molecular weight excluding hydrogens is 356 g/mol. The van der Waals surface area contributed by atoms with Gasteiger partial charge in [-0.1, -0.05) is 18.2 Å². The van der Waals surface area contributed by atoms with Gasteiger partial charge < -0.3 is 4.74 Å². The fourth-order valence-corrected chi connectivity index (χ4v) is 3.05. The molecule has 0 aliphatic carbocycles. The number of amides is 4. The number of aryl methyl sites for hydroxylation is 2. The van der Waals surface area contributed by atoms with Gasteiger partial charge in [0, 0.05) is 0 Å². The van der Waals surface area contributed by atoms with E-state index >= 15 is 0 Å². The first kappa shape index (κ1) is 19.4. The Labute approximate surface area is 163 Å². The number of urea groups is 1. The van der Waals surface area contributed by atoms with Gasteiger partial charge in [0.15, 0.2) is 0 Å². The van der Waals surface area contributed by atoms with Crippen molar-refractivity contribution in [3.8, 4) is 5.75 Å². The highest BCUT2D eigenvalue weighted by atomic mass is 16.5. The topological polar surface area (TPSA) is 75.7 Å². The first-order valence-electron chi connectivity index (χ1n) is 9.01. The molecule has 6 heteroatoms. The van der Waals surface area contributed by atoms with Crippen LogP contribution in [-0.2, 0) is 9.59 Å². The molecule has 1 aliphatic rings. The van der Waals surface area contributed by atoms with Gasteiger partial charge in [0.05, 0.1) is 11.8 Å². The van der Waals surface area contributed by atoms with Crippen molar-refractivity contribution in [2.45, 2.75) is 33.8 Å². The van der Waals surface area contributed by atoms with E-state index in [9.17, 15) is 14.4 Å².